The summed E-state index contributed by atoms with van der Waals surface area (Å²) in [4.78, 5) is 13.9. The maximum atomic E-state index is 13.9. The molecule has 0 atom stereocenters. The number of hydrogen-bond acceptors (Lipinski definition) is 6. The van der Waals surface area contributed by atoms with Crippen molar-refractivity contribution in [3.05, 3.63) is 45.7 Å². The molecular weight excluding hydrogens is 480 g/mol. The molecule has 1 N–H and O–H groups in total. The van der Waals surface area contributed by atoms with Crippen LogP contribution < -0.4 is 29.8 Å². The Morgan fingerprint density at radius 3 is 2.21 bits per heavy atom. The van der Waals surface area contributed by atoms with Crippen LogP contribution in [0.25, 0.3) is 22.0 Å². The summed E-state index contributed by atoms with van der Waals surface area (Å²) < 4.78 is 24.3. The van der Waals surface area contributed by atoms with E-state index >= 15 is 0 Å². The lowest BCUT2D eigenvalue weighted by Crippen LogP contribution is -2.29. The second kappa shape index (κ2) is 13.1. The van der Waals surface area contributed by atoms with E-state index in [2.05, 4.69) is 12.2 Å². The van der Waals surface area contributed by atoms with Gasteiger partial charge in [0.2, 0.25) is 0 Å². The van der Waals surface area contributed by atoms with E-state index in [-0.39, 0.29) is 5.56 Å². The summed E-state index contributed by atoms with van der Waals surface area (Å²) in [6, 6.07) is 7.91. The standard InChI is InChI=1S/C31H42N2O5/c1-6-7-8-9-10-11-12-16-32-20-24-22-13-14-25(35-2)30(38-5)28(22)31(34)33-17-15-21-18-26(36-3)27(37-4)19-23(21)29(24)33/h13-14,18-19,32H,6-12,15-17,20H2,1-5H3. The molecule has 0 radical (unpaired) electrons. The summed E-state index contributed by atoms with van der Waals surface area (Å²) in [6.45, 7) is 4.41. The molecule has 1 aliphatic heterocycles. The van der Waals surface area contributed by atoms with Crippen molar-refractivity contribution in [3.8, 4) is 34.3 Å². The van der Waals surface area contributed by atoms with Crippen LogP contribution in [0.15, 0.2) is 29.1 Å². The molecule has 1 aromatic heterocycles. The molecule has 2 heterocycles. The molecule has 4 rings (SSSR count). The van der Waals surface area contributed by atoms with E-state index in [1.165, 1.54) is 38.5 Å². The van der Waals surface area contributed by atoms with E-state index in [1.54, 1.807) is 28.4 Å². The Hall–Kier alpha value is -3.19. The molecule has 0 saturated carbocycles. The zero-order chi connectivity index (χ0) is 27.1. The highest BCUT2D eigenvalue weighted by molar-refractivity contribution is 5.96. The Labute approximate surface area is 226 Å². The van der Waals surface area contributed by atoms with Crippen LogP contribution >= 0.6 is 0 Å². The molecular formula is C31H42N2O5. The molecule has 7 heteroatoms. The summed E-state index contributed by atoms with van der Waals surface area (Å²) in [5.41, 5.74) is 4.10. The molecule has 0 unspecified atom stereocenters. The lowest BCUT2D eigenvalue weighted by Gasteiger charge is -2.27. The van der Waals surface area contributed by atoms with Crippen molar-refractivity contribution in [2.75, 3.05) is 35.0 Å². The highest BCUT2D eigenvalue weighted by Crippen LogP contribution is 2.43. The highest BCUT2D eigenvalue weighted by Gasteiger charge is 2.27. The SMILES string of the molecule is CCCCCCCCCNCc1c2n(c(=O)c3c(OC)c(OC)ccc13)CCc1cc(OC)c(OC)cc1-2. The van der Waals surface area contributed by atoms with Crippen LogP contribution in [0.1, 0.15) is 63.0 Å². The average Bonchev–Trinajstić information content (AvgIpc) is 2.95. The Morgan fingerprint density at radius 1 is 0.842 bits per heavy atom. The van der Waals surface area contributed by atoms with E-state index in [0.29, 0.717) is 41.5 Å². The van der Waals surface area contributed by atoms with E-state index in [9.17, 15) is 4.79 Å². The molecule has 0 bridgehead atoms. The minimum Gasteiger partial charge on any atom is -0.493 e. The van der Waals surface area contributed by atoms with Crippen molar-refractivity contribution in [1.29, 1.82) is 0 Å². The van der Waals surface area contributed by atoms with Crippen LogP contribution in [-0.4, -0.2) is 39.6 Å². The van der Waals surface area contributed by atoms with Crippen molar-refractivity contribution in [2.24, 2.45) is 0 Å². The number of methoxy groups -OCH3 is 4. The Bertz CT molecular complexity index is 1310. The van der Waals surface area contributed by atoms with Gasteiger partial charge in [0.05, 0.1) is 39.5 Å². The van der Waals surface area contributed by atoms with Crippen LogP contribution in [0, 0.1) is 0 Å². The Kier molecular flexibility index (Phi) is 9.56. The maximum Gasteiger partial charge on any atom is 0.262 e. The zero-order valence-electron chi connectivity index (χ0n) is 23.6. The van der Waals surface area contributed by atoms with Gasteiger partial charge in [-0.15, -0.1) is 0 Å². The summed E-state index contributed by atoms with van der Waals surface area (Å²) in [5.74, 6) is 2.40. The predicted octanol–water partition coefficient (Wildman–Crippen LogP) is 6.10. The Morgan fingerprint density at radius 2 is 1.53 bits per heavy atom. The molecule has 0 aliphatic carbocycles. The van der Waals surface area contributed by atoms with Gasteiger partial charge in [0.25, 0.3) is 5.56 Å². The minimum absolute atomic E-state index is 0.0676. The summed E-state index contributed by atoms with van der Waals surface area (Å²) >= 11 is 0. The van der Waals surface area contributed by atoms with Crippen molar-refractivity contribution in [2.45, 2.75) is 71.4 Å². The second-order valence-corrected chi connectivity index (χ2v) is 9.92. The number of rotatable bonds is 14. The number of nitrogens with zero attached hydrogens (tertiary/aromatic N) is 1. The second-order valence-electron chi connectivity index (χ2n) is 9.92. The molecule has 1 aliphatic rings. The highest BCUT2D eigenvalue weighted by atomic mass is 16.5. The van der Waals surface area contributed by atoms with Gasteiger partial charge in [-0.3, -0.25) is 4.79 Å². The van der Waals surface area contributed by atoms with E-state index in [0.717, 1.165) is 47.2 Å². The fraction of sp³-hybridized carbons (Fsp3) is 0.516. The maximum absolute atomic E-state index is 13.9. The van der Waals surface area contributed by atoms with Crippen LogP contribution in [0.3, 0.4) is 0 Å². The van der Waals surface area contributed by atoms with Gasteiger partial charge in [-0.25, -0.2) is 0 Å². The van der Waals surface area contributed by atoms with Gasteiger partial charge in [0.1, 0.15) is 0 Å². The van der Waals surface area contributed by atoms with Gasteiger partial charge in [-0.2, -0.15) is 0 Å². The topological polar surface area (TPSA) is 71.0 Å². The number of aryl methyl sites for hydroxylation is 1. The number of benzene rings is 2. The summed E-state index contributed by atoms with van der Waals surface area (Å²) in [5, 5.41) is 5.12. The number of hydrogen-bond donors (Lipinski definition) is 1. The van der Waals surface area contributed by atoms with Gasteiger partial charge >= 0.3 is 0 Å². The lowest BCUT2D eigenvalue weighted by atomic mass is 9.90. The molecule has 206 valence electrons. The van der Waals surface area contributed by atoms with Gasteiger partial charge in [0.15, 0.2) is 23.0 Å². The smallest absolute Gasteiger partial charge is 0.262 e. The quantitative estimate of drug-likeness (QED) is 0.258. The van der Waals surface area contributed by atoms with Gasteiger partial charge in [-0.1, -0.05) is 45.4 Å². The number of pyridine rings is 1. The first-order valence-electron chi connectivity index (χ1n) is 13.9. The molecule has 2 aromatic carbocycles. The summed E-state index contributed by atoms with van der Waals surface area (Å²) in [7, 11) is 6.48. The number of unbranched alkanes of at least 4 members (excludes halogenated alkanes) is 6. The average molecular weight is 523 g/mol. The normalized spacial score (nSPS) is 12.2. The molecule has 0 saturated heterocycles. The van der Waals surface area contributed by atoms with E-state index in [4.69, 9.17) is 18.9 Å². The lowest BCUT2D eigenvalue weighted by molar-refractivity contribution is 0.354. The number of nitrogens with one attached hydrogen (secondary N) is 1. The largest absolute Gasteiger partial charge is 0.493 e. The molecule has 0 fully saturated rings. The van der Waals surface area contributed by atoms with Gasteiger partial charge < -0.3 is 28.8 Å². The summed E-state index contributed by atoms with van der Waals surface area (Å²) in [6.07, 6.45) is 9.64. The molecule has 3 aromatic rings. The van der Waals surface area contributed by atoms with Gasteiger partial charge in [-0.05, 0) is 60.2 Å². The zero-order valence-corrected chi connectivity index (χ0v) is 23.6. The first kappa shape index (κ1) is 27.8. The van der Waals surface area contributed by atoms with E-state index in [1.807, 2.05) is 28.8 Å². The molecule has 7 nitrogen and oxygen atoms in total. The molecule has 0 spiro atoms. The van der Waals surface area contributed by atoms with Crippen LogP contribution in [0.4, 0.5) is 0 Å². The monoisotopic (exact) mass is 522 g/mol. The first-order chi connectivity index (χ1) is 18.6. The molecule has 38 heavy (non-hydrogen) atoms. The minimum atomic E-state index is -0.0676. The first-order valence-corrected chi connectivity index (χ1v) is 13.9. The number of ether oxygens (including phenoxy) is 4. The van der Waals surface area contributed by atoms with Crippen LogP contribution in [0.2, 0.25) is 0 Å². The van der Waals surface area contributed by atoms with Crippen LogP contribution in [0.5, 0.6) is 23.0 Å². The van der Waals surface area contributed by atoms with Crippen LogP contribution in [-0.2, 0) is 19.5 Å². The fourth-order valence-electron chi connectivity index (χ4n) is 5.62. The number of fused-ring (bicyclic) bond motifs is 4. The van der Waals surface area contributed by atoms with Crippen molar-refractivity contribution in [1.82, 2.24) is 9.88 Å². The third-order valence-electron chi connectivity index (χ3n) is 7.61. The van der Waals surface area contributed by atoms with Crippen molar-refractivity contribution in [3.63, 3.8) is 0 Å². The fourth-order valence-corrected chi connectivity index (χ4v) is 5.62. The third-order valence-corrected chi connectivity index (χ3v) is 7.61. The van der Waals surface area contributed by atoms with Gasteiger partial charge in [0, 0.05) is 18.7 Å². The molecule has 0 amide bonds. The van der Waals surface area contributed by atoms with Crippen molar-refractivity contribution < 1.29 is 18.9 Å². The number of aromatic nitrogens is 1. The van der Waals surface area contributed by atoms with E-state index < -0.39 is 0 Å². The van der Waals surface area contributed by atoms with Crippen molar-refractivity contribution >= 4 is 10.8 Å². The Balaban J connectivity index is 1.75. The third kappa shape index (κ3) is 5.48. The predicted molar refractivity (Wildman–Crippen MR) is 153 cm³/mol.